The highest BCUT2D eigenvalue weighted by Crippen LogP contribution is 2.10. The highest BCUT2D eigenvalue weighted by atomic mass is 16.1. The molecule has 0 aromatic heterocycles. The van der Waals surface area contributed by atoms with E-state index in [0.717, 1.165) is 39.3 Å². The van der Waals surface area contributed by atoms with Crippen LogP contribution in [0.2, 0.25) is 0 Å². The molecule has 25 heavy (non-hydrogen) atoms. The predicted octanol–water partition coefficient (Wildman–Crippen LogP) is 2.62. The molecule has 4 nitrogen and oxygen atoms in total. The molecule has 0 saturated carbocycles. The molecule has 0 atom stereocenters. The van der Waals surface area contributed by atoms with Gasteiger partial charge in [0.25, 0.3) is 0 Å². The van der Waals surface area contributed by atoms with Crippen molar-refractivity contribution in [1.82, 2.24) is 9.80 Å². The zero-order valence-corrected chi connectivity index (χ0v) is 14.5. The molecule has 0 aliphatic carbocycles. The van der Waals surface area contributed by atoms with E-state index in [9.17, 15) is 4.79 Å². The Bertz CT molecular complexity index is 702. The Balaban J connectivity index is 1.42. The number of carbonyl (C=O) groups is 1. The van der Waals surface area contributed by atoms with Gasteiger partial charge in [0, 0.05) is 44.8 Å². The Morgan fingerprint density at radius 2 is 1.56 bits per heavy atom. The fourth-order valence-electron chi connectivity index (χ4n) is 3.06. The van der Waals surface area contributed by atoms with E-state index in [1.165, 1.54) is 11.1 Å². The van der Waals surface area contributed by atoms with Crippen LogP contribution in [-0.2, 0) is 6.54 Å². The quantitative estimate of drug-likeness (QED) is 0.883. The second-order valence-electron chi connectivity index (χ2n) is 6.45. The van der Waals surface area contributed by atoms with Crippen LogP contribution in [0.3, 0.4) is 0 Å². The minimum absolute atomic E-state index is 0.372. The third-order valence-electron chi connectivity index (χ3n) is 4.58. The monoisotopic (exact) mass is 335 g/mol. The van der Waals surface area contributed by atoms with Crippen LogP contribution in [0, 0.1) is 0 Å². The van der Waals surface area contributed by atoms with Gasteiger partial charge < -0.3 is 5.73 Å². The topological polar surface area (TPSA) is 49.6 Å². The molecule has 2 aromatic rings. The maximum Gasteiger partial charge on any atom is 0.248 e. The highest BCUT2D eigenvalue weighted by molar-refractivity contribution is 5.92. The minimum Gasteiger partial charge on any atom is -0.366 e. The van der Waals surface area contributed by atoms with Gasteiger partial charge in [0.05, 0.1) is 0 Å². The minimum atomic E-state index is -0.372. The second-order valence-corrected chi connectivity index (χ2v) is 6.45. The van der Waals surface area contributed by atoms with Crippen molar-refractivity contribution in [2.45, 2.75) is 6.54 Å². The smallest absolute Gasteiger partial charge is 0.248 e. The van der Waals surface area contributed by atoms with E-state index >= 15 is 0 Å². The Morgan fingerprint density at radius 1 is 0.920 bits per heavy atom. The van der Waals surface area contributed by atoms with Crippen LogP contribution >= 0.6 is 0 Å². The van der Waals surface area contributed by atoms with E-state index in [1.807, 2.05) is 30.3 Å². The summed E-state index contributed by atoms with van der Waals surface area (Å²) in [5, 5.41) is 0. The lowest BCUT2D eigenvalue weighted by Gasteiger charge is -2.34. The first-order valence-corrected chi connectivity index (χ1v) is 8.76. The zero-order valence-electron chi connectivity index (χ0n) is 14.5. The van der Waals surface area contributed by atoms with E-state index < -0.39 is 0 Å². The molecule has 2 aromatic carbocycles. The Morgan fingerprint density at radius 3 is 2.20 bits per heavy atom. The number of benzene rings is 2. The van der Waals surface area contributed by atoms with Gasteiger partial charge in [0.1, 0.15) is 0 Å². The van der Waals surface area contributed by atoms with Gasteiger partial charge in [-0.2, -0.15) is 0 Å². The van der Waals surface area contributed by atoms with Crippen LogP contribution in [0.25, 0.3) is 6.08 Å². The molecule has 1 heterocycles. The Kier molecular flexibility index (Phi) is 5.99. The lowest BCUT2D eigenvalue weighted by molar-refractivity contribution is 0.1000. The van der Waals surface area contributed by atoms with Gasteiger partial charge in [-0.05, 0) is 23.3 Å². The van der Waals surface area contributed by atoms with Crippen LogP contribution in [0.4, 0.5) is 0 Å². The molecule has 1 fully saturated rings. The first-order chi connectivity index (χ1) is 12.2. The molecule has 1 aliphatic rings. The molecule has 0 radical (unpaired) electrons. The second kappa shape index (κ2) is 8.60. The number of primary amides is 1. The van der Waals surface area contributed by atoms with Gasteiger partial charge in [-0.3, -0.25) is 14.6 Å². The third-order valence-corrected chi connectivity index (χ3v) is 4.58. The normalized spacial score (nSPS) is 16.3. The third kappa shape index (κ3) is 5.28. The van der Waals surface area contributed by atoms with Gasteiger partial charge in [0.2, 0.25) is 5.91 Å². The molecule has 0 unspecified atom stereocenters. The van der Waals surface area contributed by atoms with Crippen molar-refractivity contribution in [2.75, 3.05) is 32.7 Å². The predicted molar refractivity (Wildman–Crippen MR) is 102 cm³/mol. The van der Waals surface area contributed by atoms with Gasteiger partial charge >= 0.3 is 0 Å². The zero-order chi connectivity index (χ0) is 17.5. The number of nitrogens with zero attached hydrogens (tertiary/aromatic N) is 2. The average Bonchev–Trinajstić information content (AvgIpc) is 2.64. The fraction of sp³-hybridized carbons (Fsp3) is 0.286. The van der Waals surface area contributed by atoms with Crippen LogP contribution in [0.15, 0.2) is 60.7 Å². The van der Waals surface area contributed by atoms with E-state index in [2.05, 4.69) is 46.2 Å². The highest BCUT2D eigenvalue weighted by Gasteiger charge is 2.15. The van der Waals surface area contributed by atoms with Crippen molar-refractivity contribution in [3.8, 4) is 0 Å². The summed E-state index contributed by atoms with van der Waals surface area (Å²) in [5.74, 6) is -0.372. The summed E-state index contributed by atoms with van der Waals surface area (Å²) < 4.78 is 0. The lowest BCUT2D eigenvalue weighted by Crippen LogP contribution is -2.45. The molecule has 3 rings (SSSR count). The molecule has 0 bridgehead atoms. The van der Waals surface area contributed by atoms with Crippen molar-refractivity contribution < 1.29 is 4.79 Å². The van der Waals surface area contributed by atoms with E-state index in [0.29, 0.717) is 5.56 Å². The average molecular weight is 335 g/mol. The van der Waals surface area contributed by atoms with E-state index in [-0.39, 0.29) is 5.91 Å². The SMILES string of the molecule is NC(=O)c1ccc(CN2CCN(CC=Cc3ccccc3)CC2)cc1. The van der Waals surface area contributed by atoms with Crippen molar-refractivity contribution in [3.63, 3.8) is 0 Å². The van der Waals surface area contributed by atoms with Crippen LogP contribution in [-0.4, -0.2) is 48.4 Å². The van der Waals surface area contributed by atoms with Crippen LogP contribution in [0.5, 0.6) is 0 Å². The molecule has 2 N–H and O–H groups in total. The largest absolute Gasteiger partial charge is 0.366 e. The molecule has 1 amide bonds. The molecule has 130 valence electrons. The summed E-state index contributed by atoms with van der Waals surface area (Å²) in [6.07, 6.45) is 4.43. The maximum absolute atomic E-state index is 11.1. The molecule has 1 aliphatic heterocycles. The van der Waals surface area contributed by atoms with E-state index in [4.69, 9.17) is 5.73 Å². The van der Waals surface area contributed by atoms with Gasteiger partial charge in [-0.25, -0.2) is 0 Å². The molecule has 0 spiro atoms. The number of piperazine rings is 1. The van der Waals surface area contributed by atoms with Gasteiger partial charge in [-0.15, -0.1) is 0 Å². The van der Waals surface area contributed by atoms with Crippen molar-refractivity contribution in [1.29, 1.82) is 0 Å². The lowest BCUT2D eigenvalue weighted by atomic mass is 10.1. The summed E-state index contributed by atoms with van der Waals surface area (Å²) in [6, 6.07) is 18.0. The molecule has 1 saturated heterocycles. The summed E-state index contributed by atoms with van der Waals surface area (Å²) >= 11 is 0. The van der Waals surface area contributed by atoms with Gasteiger partial charge in [0.15, 0.2) is 0 Å². The van der Waals surface area contributed by atoms with Crippen molar-refractivity contribution in [3.05, 3.63) is 77.4 Å². The van der Waals surface area contributed by atoms with Gasteiger partial charge in [-0.1, -0.05) is 54.6 Å². The summed E-state index contributed by atoms with van der Waals surface area (Å²) in [4.78, 5) is 16.0. The number of nitrogens with two attached hydrogens (primary N) is 1. The summed E-state index contributed by atoms with van der Waals surface area (Å²) in [6.45, 7) is 6.22. The van der Waals surface area contributed by atoms with Crippen molar-refractivity contribution in [2.24, 2.45) is 5.73 Å². The van der Waals surface area contributed by atoms with Crippen LogP contribution in [0.1, 0.15) is 21.5 Å². The Labute approximate surface area is 149 Å². The standard InChI is InChI=1S/C21H25N3O/c22-21(25)20-10-8-19(9-11-20)17-24-15-13-23(14-16-24)12-4-7-18-5-2-1-3-6-18/h1-11H,12-17H2,(H2,22,25). The maximum atomic E-state index is 11.1. The summed E-state index contributed by atoms with van der Waals surface area (Å²) in [5.41, 5.74) is 8.32. The molecular weight excluding hydrogens is 310 g/mol. The number of rotatable bonds is 6. The first-order valence-electron chi connectivity index (χ1n) is 8.76. The molecule has 4 heteroatoms. The fourth-order valence-corrected chi connectivity index (χ4v) is 3.06. The first kappa shape index (κ1) is 17.4. The van der Waals surface area contributed by atoms with Crippen molar-refractivity contribution >= 4 is 12.0 Å². The number of carbonyl (C=O) groups excluding carboxylic acids is 1. The summed E-state index contributed by atoms with van der Waals surface area (Å²) in [7, 11) is 0. The Hall–Kier alpha value is -2.43. The number of hydrogen-bond acceptors (Lipinski definition) is 3. The number of hydrogen-bond donors (Lipinski definition) is 1. The van der Waals surface area contributed by atoms with Crippen LogP contribution < -0.4 is 5.73 Å². The van der Waals surface area contributed by atoms with E-state index in [1.54, 1.807) is 0 Å². The molecular formula is C21H25N3O. The number of amides is 1.